The van der Waals surface area contributed by atoms with Crippen molar-refractivity contribution in [3.63, 3.8) is 0 Å². The fraction of sp³-hybridized carbons (Fsp3) is 0.412. The normalized spacial score (nSPS) is 23.1. The molecule has 1 aromatic rings. The van der Waals surface area contributed by atoms with Crippen molar-refractivity contribution >= 4 is 35.4 Å². The maximum absolute atomic E-state index is 12.6. The molecule has 1 aliphatic heterocycles. The molecule has 0 aromatic heterocycles. The number of primary amides is 1. The van der Waals surface area contributed by atoms with E-state index in [0.717, 1.165) is 0 Å². The third-order valence-electron chi connectivity index (χ3n) is 3.96. The van der Waals surface area contributed by atoms with Crippen molar-refractivity contribution in [3.05, 3.63) is 35.4 Å². The van der Waals surface area contributed by atoms with Gasteiger partial charge in [-0.05, 0) is 18.6 Å². The molecule has 0 fully saturated rings. The number of thioether (sulfide) groups is 1. The van der Waals surface area contributed by atoms with E-state index in [0.29, 0.717) is 16.9 Å². The van der Waals surface area contributed by atoms with Crippen LogP contribution in [0.1, 0.15) is 22.8 Å². The van der Waals surface area contributed by atoms with Crippen molar-refractivity contribution in [2.24, 2.45) is 5.73 Å². The summed E-state index contributed by atoms with van der Waals surface area (Å²) in [5.41, 5.74) is 6.37. The lowest BCUT2D eigenvalue weighted by molar-refractivity contribution is -0.130. The summed E-state index contributed by atoms with van der Waals surface area (Å²) < 4.78 is 0. The second-order valence-corrected chi connectivity index (χ2v) is 7.13. The molecule has 9 nitrogen and oxygen atoms in total. The second kappa shape index (κ2) is 9.38. The first-order valence-corrected chi connectivity index (χ1v) is 9.46. The average molecular weight is 394 g/mol. The van der Waals surface area contributed by atoms with Gasteiger partial charge in [0.05, 0.1) is 12.6 Å². The standard InChI is InChI=1S/C17H22N4O5S/c1-9(22)14-17(26)19-6-13(23)20-12(15(18)24)8-27-7-10-4-2-3-5-11(10)16(25)21-14/h2-5,9,12,14,22H,6-8H2,1H3,(H2,18,24)(H,19,26)(H,20,23)(H,21,25)/t9-,12?,14+/m1/s1. The van der Waals surface area contributed by atoms with Crippen molar-refractivity contribution in [3.8, 4) is 0 Å². The third kappa shape index (κ3) is 5.69. The van der Waals surface area contributed by atoms with Crippen molar-refractivity contribution in [1.82, 2.24) is 16.0 Å². The molecule has 0 radical (unpaired) electrons. The average Bonchev–Trinajstić information content (AvgIpc) is 2.62. The highest BCUT2D eigenvalue weighted by Gasteiger charge is 2.28. The zero-order chi connectivity index (χ0) is 20.0. The molecule has 0 aliphatic carbocycles. The molecule has 10 heteroatoms. The molecule has 1 heterocycles. The molecule has 0 saturated heterocycles. The first-order valence-electron chi connectivity index (χ1n) is 8.30. The number of hydrogen-bond donors (Lipinski definition) is 5. The van der Waals surface area contributed by atoms with Gasteiger partial charge in [-0.25, -0.2) is 0 Å². The lowest BCUT2D eigenvalue weighted by Crippen LogP contribution is -2.55. The maximum Gasteiger partial charge on any atom is 0.252 e. The molecule has 3 atom stereocenters. The minimum Gasteiger partial charge on any atom is -0.391 e. The fourth-order valence-electron chi connectivity index (χ4n) is 2.50. The minimum absolute atomic E-state index is 0.223. The summed E-state index contributed by atoms with van der Waals surface area (Å²) in [7, 11) is 0. The Morgan fingerprint density at radius 3 is 2.63 bits per heavy atom. The predicted molar refractivity (Wildman–Crippen MR) is 99.7 cm³/mol. The maximum atomic E-state index is 12.6. The van der Waals surface area contributed by atoms with Crippen LogP contribution in [-0.4, -0.2) is 59.2 Å². The Kier molecular flexibility index (Phi) is 7.19. The van der Waals surface area contributed by atoms with E-state index in [-0.39, 0.29) is 5.75 Å². The van der Waals surface area contributed by atoms with Gasteiger partial charge in [0.1, 0.15) is 12.1 Å². The van der Waals surface area contributed by atoms with E-state index in [1.54, 1.807) is 24.3 Å². The number of rotatable bonds is 2. The summed E-state index contributed by atoms with van der Waals surface area (Å²) in [5, 5.41) is 17.2. The van der Waals surface area contributed by atoms with E-state index in [2.05, 4.69) is 16.0 Å². The first-order chi connectivity index (χ1) is 12.8. The van der Waals surface area contributed by atoms with Crippen LogP contribution in [0.2, 0.25) is 0 Å². The van der Waals surface area contributed by atoms with E-state index in [1.165, 1.54) is 18.7 Å². The van der Waals surface area contributed by atoms with Crippen molar-refractivity contribution in [2.75, 3.05) is 12.3 Å². The van der Waals surface area contributed by atoms with Crippen LogP contribution in [0.4, 0.5) is 0 Å². The number of amides is 4. The van der Waals surface area contributed by atoms with Crippen LogP contribution in [0, 0.1) is 0 Å². The number of hydrogen-bond acceptors (Lipinski definition) is 6. The summed E-state index contributed by atoms with van der Waals surface area (Å²) in [6, 6.07) is 4.68. The molecule has 0 saturated carbocycles. The van der Waals surface area contributed by atoms with Gasteiger partial charge >= 0.3 is 0 Å². The molecule has 0 bridgehead atoms. The zero-order valence-corrected chi connectivity index (χ0v) is 15.5. The molecule has 1 unspecified atom stereocenters. The van der Waals surface area contributed by atoms with Gasteiger partial charge in [-0.15, -0.1) is 0 Å². The summed E-state index contributed by atoms with van der Waals surface area (Å²) in [4.78, 5) is 48.4. The molecule has 1 aromatic carbocycles. The number of carbonyl (C=O) groups is 4. The van der Waals surface area contributed by atoms with E-state index in [9.17, 15) is 24.3 Å². The molecule has 146 valence electrons. The lowest BCUT2D eigenvalue weighted by Gasteiger charge is -2.23. The number of carbonyl (C=O) groups excluding carboxylic acids is 4. The molecule has 27 heavy (non-hydrogen) atoms. The van der Waals surface area contributed by atoms with Gasteiger partial charge in [-0.3, -0.25) is 19.2 Å². The summed E-state index contributed by atoms with van der Waals surface area (Å²) in [6.45, 7) is 0.946. The molecule has 1 aliphatic rings. The number of aliphatic hydroxyl groups excluding tert-OH is 1. The molecular formula is C17H22N4O5S. The van der Waals surface area contributed by atoms with Crippen molar-refractivity contribution < 1.29 is 24.3 Å². The van der Waals surface area contributed by atoms with Gasteiger partial charge in [0, 0.05) is 17.1 Å². The monoisotopic (exact) mass is 394 g/mol. The Balaban J connectivity index is 2.32. The van der Waals surface area contributed by atoms with Crippen LogP contribution in [0.5, 0.6) is 0 Å². The summed E-state index contributed by atoms with van der Waals surface area (Å²) in [5.74, 6) is -1.90. The van der Waals surface area contributed by atoms with Crippen LogP contribution < -0.4 is 21.7 Å². The smallest absolute Gasteiger partial charge is 0.252 e. The molecule has 6 N–H and O–H groups in total. The SMILES string of the molecule is C[C@@H](O)[C@@H]1NC(=O)c2ccccc2CSCC(C(N)=O)NC(=O)CNC1=O. The Morgan fingerprint density at radius 2 is 1.96 bits per heavy atom. The van der Waals surface area contributed by atoms with Crippen LogP contribution >= 0.6 is 11.8 Å². The highest BCUT2D eigenvalue weighted by Crippen LogP contribution is 2.18. The molecule has 2 rings (SSSR count). The van der Waals surface area contributed by atoms with E-state index < -0.39 is 48.4 Å². The number of aliphatic hydroxyl groups is 1. The quantitative estimate of drug-likeness (QED) is 0.412. The second-order valence-electron chi connectivity index (χ2n) is 6.10. The highest BCUT2D eigenvalue weighted by molar-refractivity contribution is 7.98. The van der Waals surface area contributed by atoms with Gasteiger partial charge in [-0.1, -0.05) is 18.2 Å². The summed E-state index contributed by atoms with van der Waals surface area (Å²) in [6.07, 6.45) is -1.18. The molecule has 0 spiro atoms. The number of benzene rings is 1. The number of nitrogens with two attached hydrogens (primary N) is 1. The van der Waals surface area contributed by atoms with Gasteiger partial charge in [-0.2, -0.15) is 11.8 Å². The van der Waals surface area contributed by atoms with Crippen molar-refractivity contribution in [1.29, 1.82) is 0 Å². The lowest BCUT2D eigenvalue weighted by atomic mass is 10.1. The third-order valence-corrected chi connectivity index (χ3v) is 5.04. The molecule has 4 amide bonds. The minimum atomic E-state index is -1.24. The summed E-state index contributed by atoms with van der Waals surface area (Å²) >= 11 is 1.34. The van der Waals surface area contributed by atoms with E-state index in [1.807, 2.05) is 0 Å². The van der Waals surface area contributed by atoms with E-state index in [4.69, 9.17) is 5.73 Å². The number of nitrogens with one attached hydrogen (secondary N) is 3. The largest absolute Gasteiger partial charge is 0.391 e. The Labute approximate surface area is 160 Å². The van der Waals surface area contributed by atoms with Gasteiger partial charge in [0.25, 0.3) is 5.91 Å². The predicted octanol–water partition coefficient (Wildman–Crippen LogP) is -1.50. The fourth-order valence-corrected chi connectivity index (χ4v) is 3.57. The molecular weight excluding hydrogens is 372 g/mol. The highest BCUT2D eigenvalue weighted by atomic mass is 32.2. The van der Waals surface area contributed by atoms with Gasteiger partial charge in [0.15, 0.2) is 0 Å². The van der Waals surface area contributed by atoms with Crippen molar-refractivity contribution in [2.45, 2.75) is 30.9 Å². The Bertz CT molecular complexity index is 740. The first kappa shape index (κ1) is 20.7. The number of fused-ring (bicyclic) bond motifs is 1. The van der Waals surface area contributed by atoms with Crippen LogP contribution in [-0.2, 0) is 20.1 Å². The topological polar surface area (TPSA) is 151 Å². The van der Waals surface area contributed by atoms with Gasteiger partial charge < -0.3 is 26.8 Å². The van der Waals surface area contributed by atoms with Crippen LogP contribution in [0.3, 0.4) is 0 Å². The van der Waals surface area contributed by atoms with Crippen LogP contribution in [0.15, 0.2) is 24.3 Å². The zero-order valence-electron chi connectivity index (χ0n) is 14.7. The Hall–Kier alpha value is -2.59. The van der Waals surface area contributed by atoms with Crippen LogP contribution in [0.25, 0.3) is 0 Å². The Morgan fingerprint density at radius 1 is 1.26 bits per heavy atom. The van der Waals surface area contributed by atoms with E-state index >= 15 is 0 Å². The van der Waals surface area contributed by atoms with Gasteiger partial charge in [0.2, 0.25) is 17.7 Å².